The van der Waals surface area contributed by atoms with Crippen LogP contribution in [0.4, 0.5) is 30.5 Å². The zero-order valence-corrected chi connectivity index (χ0v) is 16.0. The molecule has 0 radical (unpaired) electrons. The van der Waals surface area contributed by atoms with E-state index in [1.807, 2.05) is 6.92 Å². The molecular weight excluding hydrogens is 423 g/mol. The van der Waals surface area contributed by atoms with Gasteiger partial charge in [-0.15, -0.1) is 0 Å². The van der Waals surface area contributed by atoms with Crippen molar-refractivity contribution in [2.45, 2.75) is 13.5 Å². The van der Waals surface area contributed by atoms with Gasteiger partial charge >= 0.3 is 18.3 Å². The molecule has 0 saturated carbocycles. The lowest BCUT2D eigenvalue weighted by Crippen LogP contribution is -2.07. The van der Waals surface area contributed by atoms with Crippen LogP contribution in [0.1, 0.15) is 5.56 Å². The van der Waals surface area contributed by atoms with E-state index in [1.165, 1.54) is 7.11 Å². The number of hydrogen-bond acceptors (Lipinski definition) is 9. The summed E-state index contributed by atoms with van der Waals surface area (Å²) in [6.07, 6.45) is 1.06. The maximum atomic E-state index is 13.8. The Kier molecular flexibility index (Phi) is 6.33. The van der Waals surface area contributed by atoms with Crippen molar-refractivity contribution >= 4 is 17.3 Å². The van der Waals surface area contributed by atoms with E-state index in [0.717, 1.165) is 11.9 Å². The van der Waals surface area contributed by atoms with Crippen molar-refractivity contribution in [3.63, 3.8) is 0 Å². The average molecular weight is 437 g/mol. The smallest absolute Gasteiger partial charge is 0.387 e. The Bertz CT molecular complexity index is 1120. The monoisotopic (exact) mass is 437 g/mol. The second kappa shape index (κ2) is 9.11. The van der Waals surface area contributed by atoms with E-state index < -0.39 is 28.8 Å². The number of nitro benzene ring substituents is 1. The zero-order chi connectivity index (χ0) is 22.5. The van der Waals surface area contributed by atoms with Gasteiger partial charge in [0.15, 0.2) is 5.75 Å². The Morgan fingerprint density at radius 1 is 1.16 bits per heavy atom. The van der Waals surface area contributed by atoms with E-state index in [0.29, 0.717) is 23.6 Å². The molecule has 0 bridgehead atoms. The predicted molar refractivity (Wildman–Crippen MR) is 101 cm³/mol. The number of anilines is 2. The minimum atomic E-state index is -3.30. The van der Waals surface area contributed by atoms with Gasteiger partial charge in [0.1, 0.15) is 17.8 Å². The van der Waals surface area contributed by atoms with E-state index >= 15 is 0 Å². The molecule has 31 heavy (non-hydrogen) atoms. The molecule has 0 atom stereocenters. The van der Waals surface area contributed by atoms with Crippen LogP contribution in [-0.4, -0.2) is 33.6 Å². The number of alkyl halides is 2. The predicted octanol–water partition coefficient (Wildman–Crippen LogP) is 4.37. The maximum Gasteiger partial charge on any atom is 0.387 e. The first-order valence-electron chi connectivity index (χ1n) is 8.48. The van der Waals surface area contributed by atoms with Crippen LogP contribution >= 0.6 is 0 Å². The zero-order valence-electron chi connectivity index (χ0n) is 16.0. The van der Waals surface area contributed by atoms with Crippen LogP contribution in [0.5, 0.6) is 23.3 Å². The number of ether oxygens (including phenoxy) is 3. The summed E-state index contributed by atoms with van der Waals surface area (Å²) in [5, 5.41) is 13.4. The number of aromatic nitrogens is 3. The molecule has 0 amide bonds. The molecule has 0 saturated heterocycles. The largest absolute Gasteiger partial charge is 0.496 e. The van der Waals surface area contributed by atoms with Crippen LogP contribution in [0.25, 0.3) is 0 Å². The Labute approximate surface area is 172 Å². The highest BCUT2D eigenvalue weighted by Crippen LogP contribution is 2.34. The molecule has 2 aromatic carbocycles. The van der Waals surface area contributed by atoms with Crippen LogP contribution in [0.3, 0.4) is 0 Å². The van der Waals surface area contributed by atoms with Gasteiger partial charge < -0.3 is 19.5 Å². The number of nitrogens with zero attached hydrogens (tertiary/aromatic N) is 4. The highest BCUT2D eigenvalue weighted by molar-refractivity contribution is 5.66. The molecule has 162 valence electrons. The highest BCUT2D eigenvalue weighted by Gasteiger charge is 2.22. The third-order valence-electron chi connectivity index (χ3n) is 3.85. The number of hydrogen-bond donors (Lipinski definition) is 1. The first-order chi connectivity index (χ1) is 14.8. The summed E-state index contributed by atoms with van der Waals surface area (Å²) in [6, 6.07) is 5.97. The van der Waals surface area contributed by atoms with E-state index in [4.69, 9.17) is 9.47 Å². The van der Waals surface area contributed by atoms with Crippen molar-refractivity contribution in [1.29, 1.82) is 0 Å². The molecule has 3 aromatic rings. The minimum absolute atomic E-state index is 0.170. The first-order valence-corrected chi connectivity index (χ1v) is 8.48. The molecule has 0 aliphatic rings. The molecule has 0 spiro atoms. The van der Waals surface area contributed by atoms with E-state index in [2.05, 4.69) is 25.0 Å². The number of nitro groups is 1. The molecular formula is C18H14F3N5O5. The van der Waals surface area contributed by atoms with Gasteiger partial charge in [-0.1, -0.05) is 6.07 Å². The second-order valence-corrected chi connectivity index (χ2v) is 5.89. The summed E-state index contributed by atoms with van der Waals surface area (Å²) in [7, 11) is 1.50. The van der Waals surface area contributed by atoms with Crippen LogP contribution in [0.2, 0.25) is 0 Å². The average Bonchev–Trinajstić information content (AvgIpc) is 2.71. The Morgan fingerprint density at radius 2 is 1.94 bits per heavy atom. The number of benzene rings is 2. The standard InChI is InChI=1S/C18H14F3N5O5/c1-9-3-4-10(5-14(9)29-2)30-18-23-8-22-17(25-18)24-12-7-13(26(27)28)11(19)6-15(12)31-16(20)21/h3-8,16H,1-2H3,(H,22,23,24,25). The van der Waals surface area contributed by atoms with Crippen LogP contribution in [0, 0.1) is 22.9 Å². The number of aryl methyl sites for hydroxylation is 1. The van der Waals surface area contributed by atoms with Gasteiger partial charge in [-0.3, -0.25) is 10.1 Å². The molecule has 10 nitrogen and oxygen atoms in total. The first kappa shape index (κ1) is 21.5. The van der Waals surface area contributed by atoms with E-state index in [-0.39, 0.29) is 17.6 Å². The van der Waals surface area contributed by atoms with Crippen LogP contribution < -0.4 is 19.5 Å². The summed E-state index contributed by atoms with van der Waals surface area (Å²) in [4.78, 5) is 21.5. The third kappa shape index (κ3) is 5.26. The lowest BCUT2D eigenvalue weighted by Gasteiger charge is -2.12. The van der Waals surface area contributed by atoms with Gasteiger partial charge in [0, 0.05) is 18.2 Å². The van der Waals surface area contributed by atoms with Gasteiger partial charge in [0.2, 0.25) is 11.8 Å². The molecule has 13 heteroatoms. The lowest BCUT2D eigenvalue weighted by atomic mass is 10.2. The van der Waals surface area contributed by atoms with E-state index in [1.54, 1.807) is 18.2 Å². The summed E-state index contributed by atoms with van der Waals surface area (Å²) < 4.78 is 54.1. The molecule has 0 fully saturated rings. The normalized spacial score (nSPS) is 10.6. The Morgan fingerprint density at radius 3 is 2.61 bits per heavy atom. The van der Waals surface area contributed by atoms with Gasteiger partial charge in [0.05, 0.1) is 17.7 Å². The number of rotatable bonds is 8. The van der Waals surface area contributed by atoms with Gasteiger partial charge in [-0.05, 0) is 18.6 Å². The molecule has 1 heterocycles. The van der Waals surface area contributed by atoms with Crippen molar-refractivity contribution in [2.24, 2.45) is 0 Å². The summed E-state index contributed by atoms with van der Waals surface area (Å²) in [5.74, 6) is -1.33. The van der Waals surface area contributed by atoms with Crippen molar-refractivity contribution in [3.8, 4) is 23.3 Å². The lowest BCUT2D eigenvalue weighted by molar-refractivity contribution is -0.387. The van der Waals surface area contributed by atoms with Crippen LogP contribution in [0.15, 0.2) is 36.7 Å². The molecule has 3 rings (SSSR count). The van der Waals surface area contributed by atoms with Crippen LogP contribution in [-0.2, 0) is 0 Å². The summed E-state index contributed by atoms with van der Waals surface area (Å²) in [6.45, 7) is -1.45. The fourth-order valence-corrected chi connectivity index (χ4v) is 2.46. The molecule has 0 unspecified atom stereocenters. The van der Waals surface area contributed by atoms with Crippen molar-refractivity contribution in [2.75, 3.05) is 12.4 Å². The summed E-state index contributed by atoms with van der Waals surface area (Å²) >= 11 is 0. The molecule has 0 aliphatic carbocycles. The maximum absolute atomic E-state index is 13.8. The van der Waals surface area contributed by atoms with Gasteiger partial charge in [-0.2, -0.15) is 23.1 Å². The van der Waals surface area contributed by atoms with E-state index in [9.17, 15) is 23.3 Å². The van der Waals surface area contributed by atoms with Gasteiger partial charge in [-0.25, -0.2) is 4.98 Å². The number of nitrogens with one attached hydrogen (secondary N) is 1. The quantitative estimate of drug-likeness (QED) is 0.404. The molecule has 1 N–H and O–H groups in total. The topological polar surface area (TPSA) is 122 Å². The summed E-state index contributed by atoms with van der Waals surface area (Å²) in [5.41, 5.74) is -0.443. The fourth-order valence-electron chi connectivity index (χ4n) is 2.46. The Balaban J connectivity index is 1.89. The second-order valence-electron chi connectivity index (χ2n) is 5.89. The number of methoxy groups -OCH3 is 1. The molecule has 0 aliphatic heterocycles. The third-order valence-corrected chi connectivity index (χ3v) is 3.85. The minimum Gasteiger partial charge on any atom is -0.496 e. The fraction of sp³-hybridized carbons (Fsp3) is 0.167. The van der Waals surface area contributed by atoms with Crippen molar-refractivity contribution in [3.05, 3.63) is 58.2 Å². The SMILES string of the molecule is COc1cc(Oc2ncnc(Nc3cc([N+](=O)[O-])c(F)cc3OC(F)F)n2)ccc1C. The molecule has 1 aromatic heterocycles. The van der Waals surface area contributed by atoms with Crippen molar-refractivity contribution in [1.82, 2.24) is 15.0 Å². The Hall–Kier alpha value is -4.16. The van der Waals surface area contributed by atoms with Crippen molar-refractivity contribution < 1.29 is 32.3 Å². The van der Waals surface area contributed by atoms with Gasteiger partial charge in [0.25, 0.3) is 0 Å². The number of halogens is 3. The highest BCUT2D eigenvalue weighted by atomic mass is 19.3.